The number of hydrogen-bond donors (Lipinski definition) is 0. The van der Waals surface area contributed by atoms with Crippen molar-refractivity contribution in [3.8, 4) is 0 Å². The zero-order chi connectivity index (χ0) is 16.5. The van der Waals surface area contributed by atoms with Gasteiger partial charge in [-0.1, -0.05) is 34.6 Å². The predicted octanol–water partition coefficient (Wildman–Crippen LogP) is 5.78. The summed E-state index contributed by atoms with van der Waals surface area (Å²) in [6, 6.07) is 0. The Morgan fingerprint density at radius 1 is 1.38 bits per heavy atom. The fraction of sp³-hybridized carbons (Fsp3) is 0.875. The van der Waals surface area contributed by atoms with Crippen LogP contribution in [0.4, 0.5) is 0 Å². The largest absolute Gasteiger partial charge is 0.411 e. The fourth-order valence-electron chi connectivity index (χ4n) is 2.33. The van der Waals surface area contributed by atoms with Gasteiger partial charge in [-0.3, -0.25) is 4.57 Å². The van der Waals surface area contributed by atoms with E-state index in [9.17, 15) is 4.57 Å². The Hall–Kier alpha value is 0.107. The van der Waals surface area contributed by atoms with Gasteiger partial charge in [-0.05, 0) is 44.0 Å². The Kier molecular flexibility index (Phi) is 6.11. The molecule has 0 aromatic heterocycles. The summed E-state index contributed by atoms with van der Waals surface area (Å²) in [5.41, 5.74) is 0.0373. The van der Waals surface area contributed by atoms with E-state index in [-0.39, 0.29) is 16.8 Å². The van der Waals surface area contributed by atoms with Gasteiger partial charge in [-0.2, -0.15) is 0 Å². The molecule has 124 valence electrons. The van der Waals surface area contributed by atoms with Crippen molar-refractivity contribution in [2.24, 2.45) is 0 Å². The first-order chi connectivity index (χ1) is 9.44. The number of rotatable bonds is 6. The van der Waals surface area contributed by atoms with Gasteiger partial charge in [0.15, 0.2) is 8.32 Å². The maximum Gasteiger partial charge on any atom is 0.230 e. The smallest absolute Gasteiger partial charge is 0.230 e. The molecule has 0 spiro atoms. The molecular weight excluding hydrogens is 299 g/mol. The molecule has 3 nitrogen and oxygen atoms in total. The lowest BCUT2D eigenvalue weighted by Crippen LogP contribution is -2.43. The summed E-state index contributed by atoms with van der Waals surface area (Å²) in [5.74, 6) is 0. The Labute approximate surface area is 132 Å². The lowest BCUT2D eigenvalue weighted by Gasteiger charge is -2.38. The Balaban J connectivity index is 2.90. The standard InChI is InChI=1S/C16H33O3PSi/c1-9-18-20(17,13(2)3)15-11-10-14(12-15)19-21(7,8)16(4,5)6/h12-14H,9-11H2,1-8H3. The molecule has 0 aliphatic heterocycles. The van der Waals surface area contributed by atoms with E-state index < -0.39 is 15.7 Å². The van der Waals surface area contributed by atoms with Crippen molar-refractivity contribution in [1.82, 2.24) is 0 Å². The van der Waals surface area contributed by atoms with Crippen molar-refractivity contribution in [3.05, 3.63) is 11.4 Å². The van der Waals surface area contributed by atoms with E-state index >= 15 is 0 Å². The van der Waals surface area contributed by atoms with Gasteiger partial charge in [0.05, 0.1) is 12.7 Å². The van der Waals surface area contributed by atoms with Crippen LogP contribution in [0.5, 0.6) is 0 Å². The fourth-order valence-corrected chi connectivity index (χ4v) is 5.96. The van der Waals surface area contributed by atoms with Gasteiger partial charge in [0.2, 0.25) is 7.37 Å². The molecule has 0 heterocycles. The summed E-state index contributed by atoms with van der Waals surface area (Å²) in [6.45, 7) is 17.7. The van der Waals surface area contributed by atoms with Crippen LogP contribution in [0.3, 0.4) is 0 Å². The first-order valence-corrected chi connectivity index (χ1v) is 12.7. The maximum atomic E-state index is 13.1. The van der Waals surface area contributed by atoms with Crippen LogP contribution in [0.15, 0.2) is 11.4 Å². The maximum absolute atomic E-state index is 13.1. The van der Waals surface area contributed by atoms with E-state index in [4.69, 9.17) is 8.95 Å². The molecule has 0 N–H and O–H groups in total. The van der Waals surface area contributed by atoms with Gasteiger partial charge in [0, 0.05) is 11.0 Å². The predicted molar refractivity (Wildman–Crippen MR) is 93.8 cm³/mol. The SMILES string of the molecule is CCOP(=O)(C1=CC(O[Si](C)(C)C(C)(C)C)CC1)C(C)C. The molecular formula is C16H33O3PSi. The molecule has 1 aliphatic rings. The highest BCUT2D eigenvalue weighted by atomic mass is 31.2. The third-order valence-electron chi connectivity index (χ3n) is 4.72. The first-order valence-electron chi connectivity index (χ1n) is 8.07. The molecule has 0 aromatic carbocycles. The van der Waals surface area contributed by atoms with Gasteiger partial charge in [0.25, 0.3) is 0 Å². The second-order valence-electron chi connectivity index (χ2n) is 7.72. The molecule has 5 heteroatoms. The van der Waals surface area contributed by atoms with E-state index in [0.29, 0.717) is 6.61 Å². The zero-order valence-electron chi connectivity index (χ0n) is 15.0. The monoisotopic (exact) mass is 332 g/mol. The average Bonchev–Trinajstić information content (AvgIpc) is 2.75. The molecule has 0 aromatic rings. The zero-order valence-corrected chi connectivity index (χ0v) is 16.9. The molecule has 21 heavy (non-hydrogen) atoms. The highest BCUT2D eigenvalue weighted by Crippen LogP contribution is 2.62. The third-order valence-corrected chi connectivity index (χ3v) is 12.4. The highest BCUT2D eigenvalue weighted by Gasteiger charge is 2.41. The first kappa shape index (κ1) is 19.2. The molecule has 0 saturated heterocycles. The van der Waals surface area contributed by atoms with Crippen LogP contribution in [0.2, 0.25) is 18.1 Å². The molecule has 0 fully saturated rings. The van der Waals surface area contributed by atoms with Crippen molar-refractivity contribution in [3.63, 3.8) is 0 Å². The lowest BCUT2D eigenvalue weighted by atomic mass is 10.2. The summed E-state index contributed by atoms with van der Waals surface area (Å²) < 4.78 is 25.2. The van der Waals surface area contributed by atoms with E-state index in [2.05, 4.69) is 39.9 Å². The second-order valence-corrected chi connectivity index (χ2v) is 15.5. The van der Waals surface area contributed by atoms with E-state index in [1.807, 2.05) is 20.8 Å². The van der Waals surface area contributed by atoms with Crippen molar-refractivity contribution in [2.75, 3.05) is 6.61 Å². The molecule has 0 amide bonds. The minimum Gasteiger partial charge on any atom is -0.411 e. The number of hydrogen-bond acceptors (Lipinski definition) is 3. The van der Waals surface area contributed by atoms with Crippen LogP contribution in [0.1, 0.15) is 54.4 Å². The summed E-state index contributed by atoms with van der Waals surface area (Å²) >= 11 is 0. The van der Waals surface area contributed by atoms with E-state index in [0.717, 1.165) is 18.2 Å². The van der Waals surface area contributed by atoms with Crippen molar-refractivity contribution in [1.29, 1.82) is 0 Å². The quantitative estimate of drug-likeness (QED) is 0.457. The molecule has 1 aliphatic carbocycles. The molecule has 0 saturated carbocycles. The average molecular weight is 332 g/mol. The molecule has 0 bridgehead atoms. The minimum absolute atomic E-state index is 0.0373. The van der Waals surface area contributed by atoms with Gasteiger partial charge in [-0.15, -0.1) is 0 Å². The lowest BCUT2D eigenvalue weighted by molar-refractivity contribution is 0.224. The normalized spacial score (nSPS) is 23.3. The van der Waals surface area contributed by atoms with Crippen LogP contribution < -0.4 is 0 Å². The van der Waals surface area contributed by atoms with Gasteiger partial charge in [-0.25, -0.2) is 0 Å². The Bertz CT molecular complexity index is 435. The summed E-state index contributed by atoms with van der Waals surface area (Å²) in [5, 5.41) is 1.19. The molecule has 0 radical (unpaired) electrons. The summed E-state index contributed by atoms with van der Waals surface area (Å²) in [6.07, 6.45) is 3.98. The van der Waals surface area contributed by atoms with Gasteiger partial charge >= 0.3 is 0 Å². The topological polar surface area (TPSA) is 35.5 Å². The van der Waals surface area contributed by atoms with Gasteiger partial charge in [0.1, 0.15) is 0 Å². The van der Waals surface area contributed by atoms with Crippen LogP contribution >= 0.6 is 7.37 Å². The van der Waals surface area contributed by atoms with Crippen LogP contribution in [0.25, 0.3) is 0 Å². The number of allylic oxidation sites excluding steroid dienone is 1. The van der Waals surface area contributed by atoms with Crippen molar-refractivity contribution < 1.29 is 13.5 Å². The summed E-state index contributed by atoms with van der Waals surface area (Å²) in [7, 11) is -4.47. The van der Waals surface area contributed by atoms with Crippen molar-refractivity contribution in [2.45, 2.75) is 84.3 Å². The minimum atomic E-state index is -2.69. The van der Waals surface area contributed by atoms with Gasteiger partial charge < -0.3 is 8.95 Å². The second kappa shape index (κ2) is 6.70. The van der Waals surface area contributed by atoms with Crippen LogP contribution in [-0.4, -0.2) is 26.7 Å². The van der Waals surface area contributed by atoms with Crippen molar-refractivity contribution >= 4 is 15.7 Å². The molecule has 2 atom stereocenters. The van der Waals surface area contributed by atoms with E-state index in [1.54, 1.807) is 0 Å². The van der Waals surface area contributed by atoms with E-state index in [1.165, 1.54) is 0 Å². The van der Waals surface area contributed by atoms with Crippen LogP contribution in [0, 0.1) is 0 Å². The third kappa shape index (κ3) is 4.31. The Morgan fingerprint density at radius 2 is 1.95 bits per heavy atom. The molecule has 1 rings (SSSR count). The molecule has 2 unspecified atom stereocenters. The summed E-state index contributed by atoms with van der Waals surface area (Å²) in [4.78, 5) is 0. The highest BCUT2D eigenvalue weighted by molar-refractivity contribution is 7.64. The Morgan fingerprint density at radius 3 is 2.38 bits per heavy atom. The van der Waals surface area contributed by atoms with Crippen LogP contribution in [-0.2, 0) is 13.5 Å².